The first kappa shape index (κ1) is 8.68. The summed E-state index contributed by atoms with van der Waals surface area (Å²) in [6.45, 7) is 3.86. The van der Waals surface area contributed by atoms with E-state index in [4.69, 9.17) is 5.84 Å². The van der Waals surface area contributed by atoms with Crippen LogP contribution in [-0.4, -0.2) is 19.9 Å². The third-order valence-corrected chi connectivity index (χ3v) is 2.09. The van der Waals surface area contributed by atoms with Gasteiger partial charge in [0.2, 0.25) is 0 Å². The van der Waals surface area contributed by atoms with Gasteiger partial charge in [-0.1, -0.05) is 0 Å². The quantitative estimate of drug-likeness (QED) is 0.669. The van der Waals surface area contributed by atoms with Gasteiger partial charge in [0.05, 0.1) is 35.7 Å². The summed E-state index contributed by atoms with van der Waals surface area (Å²) in [6.07, 6.45) is 5.09. The topological polar surface area (TPSA) is 69.6 Å². The van der Waals surface area contributed by atoms with Crippen LogP contribution >= 0.6 is 0 Å². The van der Waals surface area contributed by atoms with E-state index in [1.807, 2.05) is 13.8 Å². The molecule has 0 fully saturated rings. The second-order valence-electron chi connectivity index (χ2n) is 3.14. The second-order valence-corrected chi connectivity index (χ2v) is 3.14. The van der Waals surface area contributed by atoms with E-state index in [9.17, 15) is 0 Å². The fourth-order valence-corrected chi connectivity index (χ4v) is 1.15. The van der Waals surface area contributed by atoms with Gasteiger partial charge in [-0.05, 0) is 13.8 Å². The highest BCUT2D eigenvalue weighted by atomic mass is 15.5. The molecule has 2 N–H and O–H groups in total. The Morgan fingerprint density at radius 2 is 2.00 bits per heavy atom. The molecule has 0 unspecified atom stereocenters. The van der Waals surface area contributed by atoms with Gasteiger partial charge < -0.3 is 5.84 Å². The van der Waals surface area contributed by atoms with Gasteiger partial charge in [-0.15, -0.1) is 0 Å². The fourth-order valence-electron chi connectivity index (χ4n) is 1.15. The van der Waals surface area contributed by atoms with Crippen LogP contribution in [0.4, 0.5) is 0 Å². The molecule has 14 heavy (non-hydrogen) atoms. The van der Waals surface area contributed by atoms with E-state index >= 15 is 0 Å². The summed E-state index contributed by atoms with van der Waals surface area (Å²) in [7, 11) is 0. The van der Waals surface area contributed by atoms with Crippen molar-refractivity contribution < 1.29 is 0 Å². The molecule has 0 spiro atoms. The highest BCUT2D eigenvalue weighted by Crippen LogP contribution is 2.15. The van der Waals surface area contributed by atoms with Crippen LogP contribution in [0.25, 0.3) is 11.3 Å². The Morgan fingerprint density at radius 3 is 2.57 bits per heavy atom. The molecule has 2 aromatic rings. The van der Waals surface area contributed by atoms with Crippen molar-refractivity contribution >= 4 is 0 Å². The minimum atomic E-state index is 0.796. The zero-order chi connectivity index (χ0) is 10.1. The number of rotatable bonds is 1. The predicted octanol–water partition coefficient (Wildman–Crippen LogP) is 0.671. The smallest absolute Gasteiger partial charge is 0.0920 e. The van der Waals surface area contributed by atoms with Crippen molar-refractivity contribution in [2.24, 2.45) is 0 Å². The Labute approximate surface area is 81.6 Å². The molecule has 0 aliphatic rings. The van der Waals surface area contributed by atoms with Gasteiger partial charge in [0.1, 0.15) is 0 Å². The zero-order valence-electron chi connectivity index (χ0n) is 8.10. The Hall–Kier alpha value is -1.91. The van der Waals surface area contributed by atoms with Gasteiger partial charge in [0, 0.05) is 5.56 Å². The average molecular weight is 189 g/mol. The fraction of sp³-hybridized carbons (Fsp3) is 0.222. The van der Waals surface area contributed by atoms with E-state index in [0.717, 1.165) is 22.6 Å². The van der Waals surface area contributed by atoms with E-state index in [-0.39, 0.29) is 0 Å². The van der Waals surface area contributed by atoms with Crippen LogP contribution in [0, 0.1) is 13.8 Å². The van der Waals surface area contributed by atoms with Crippen molar-refractivity contribution in [1.29, 1.82) is 0 Å². The standard InChI is InChI=1S/C9H11N5/c1-6-7(2)13-9(4-11-6)8-3-12-14(10)5-8/h3-5H,10H2,1-2H3. The summed E-state index contributed by atoms with van der Waals surface area (Å²) < 4.78 is 0. The van der Waals surface area contributed by atoms with Gasteiger partial charge in [-0.2, -0.15) is 9.89 Å². The number of hydrogen-bond donors (Lipinski definition) is 1. The maximum Gasteiger partial charge on any atom is 0.0920 e. The van der Waals surface area contributed by atoms with Crippen LogP contribution in [-0.2, 0) is 0 Å². The zero-order valence-corrected chi connectivity index (χ0v) is 8.10. The van der Waals surface area contributed by atoms with Crippen molar-refractivity contribution in [3.8, 4) is 11.3 Å². The Morgan fingerprint density at radius 1 is 1.21 bits per heavy atom. The van der Waals surface area contributed by atoms with Crippen LogP contribution < -0.4 is 5.84 Å². The number of aryl methyl sites for hydroxylation is 2. The average Bonchev–Trinajstić information content (AvgIpc) is 2.57. The molecule has 5 nitrogen and oxygen atoms in total. The highest BCUT2D eigenvalue weighted by Gasteiger charge is 2.04. The van der Waals surface area contributed by atoms with Gasteiger partial charge in [0.15, 0.2) is 0 Å². The van der Waals surface area contributed by atoms with Crippen molar-refractivity contribution in [3.63, 3.8) is 0 Å². The molecule has 0 saturated heterocycles. The van der Waals surface area contributed by atoms with E-state index in [1.54, 1.807) is 18.6 Å². The van der Waals surface area contributed by atoms with Gasteiger partial charge in [0.25, 0.3) is 0 Å². The summed E-state index contributed by atoms with van der Waals surface area (Å²) in [4.78, 5) is 9.87. The predicted molar refractivity (Wildman–Crippen MR) is 52.9 cm³/mol. The van der Waals surface area contributed by atoms with Crippen molar-refractivity contribution in [2.45, 2.75) is 13.8 Å². The molecule has 0 aromatic carbocycles. The molecule has 0 saturated carbocycles. The van der Waals surface area contributed by atoms with E-state index < -0.39 is 0 Å². The van der Waals surface area contributed by atoms with Gasteiger partial charge in [-0.3, -0.25) is 4.98 Å². The van der Waals surface area contributed by atoms with Gasteiger partial charge in [-0.25, -0.2) is 4.98 Å². The third-order valence-electron chi connectivity index (χ3n) is 2.09. The molecule has 2 rings (SSSR count). The molecule has 0 atom stereocenters. The first-order chi connectivity index (χ1) is 6.66. The Bertz CT molecular complexity index is 460. The lowest BCUT2D eigenvalue weighted by molar-refractivity contribution is 0.832. The van der Waals surface area contributed by atoms with Gasteiger partial charge >= 0.3 is 0 Å². The normalized spacial score (nSPS) is 10.4. The lowest BCUT2D eigenvalue weighted by Crippen LogP contribution is -2.07. The molecule has 0 aliphatic carbocycles. The van der Waals surface area contributed by atoms with Crippen LogP contribution in [0.15, 0.2) is 18.6 Å². The van der Waals surface area contributed by atoms with Crippen LogP contribution in [0.3, 0.4) is 0 Å². The molecular weight excluding hydrogens is 178 g/mol. The molecule has 0 radical (unpaired) electrons. The van der Waals surface area contributed by atoms with Crippen molar-refractivity contribution in [3.05, 3.63) is 30.0 Å². The first-order valence-corrected chi connectivity index (χ1v) is 4.27. The molecule has 0 bridgehead atoms. The number of nitrogens with zero attached hydrogens (tertiary/aromatic N) is 4. The molecular formula is C9H11N5. The summed E-state index contributed by atoms with van der Waals surface area (Å²) in [5.74, 6) is 5.44. The largest absolute Gasteiger partial charge is 0.323 e. The Balaban J connectivity index is 2.47. The molecule has 2 heterocycles. The molecule has 0 amide bonds. The highest BCUT2D eigenvalue weighted by molar-refractivity contribution is 5.55. The number of aromatic nitrogens is 4. The minimum absolute atomic E-state index is 0.796. The van der Waals surface area contributed by atoms with E-state index in [1.165, 1.54) is 4.79 Å². The summed E-state index contributed by atoms with van der Waals surface area (Å²) in [6, 6.07) is 0. The lowest BCUT2D eigenvalue weighted by atomic mass is 10.2. The number of nitrogens with two attached hydrogens (primary N) is 1. The van der Waals surface area contributed by atoms with E-state index in [0.29, 0.717) is 0 Å². The van der Waals surface area contributed by atoms with Crippen LogP contribution in [0.5, 0.6) is 0 Å². The lowest BCUT2D eigenvalue weighted by Gasteiger charge is -2.00. The van der Waals surface area contributed by atoms with E-state index in [2.05, 4.69) is 15.1 Å². The second kappa shape index (κ2) is 3.10. The monoisotopic (exact) mass is 189 g/mol. The number of hydrogen-bond acceptors (Lipinski definition) is 4. The summed E-state index contributed by atoms with van der Waals surface area (Å²) in [5.41, 5.74) is 3.54. The molecule has 2 aromatic heterocycles. The summed E-state index contributed by atoms with van der Waals surface area (Å²) in [5, 5.41) is 3.87. The third kappa shape index (κ3) is 1.44. The molecule has 72 valence electrons. The number of nitrogen functional groups attached to an aromatic ring is 1. The maximum atomic E-state index is 5.44. The SMILES string of the molecule is Cc1ncc(-c2cnn(N)c2)nc1C. The summed E-state index contributed by atoms with van der Waals surface area (Å²) >= 11 is 0. The van der Waals surface area contributed by atoms with Crippen molar-refractivity contribution in [1.82, 2.24) is 19.9 Å². The van der Waals surface area contributed by atoms with Crippen LogP contribution in [0.1, 0.15) is 11.4 Å². The molecule has 0 aliphatic heterocycles. The maximum absolute atomic E-state index is 5.44. The minimum Gasteiger partial charge on any atom is -0.323 e. The van der Waals surface area contributed by atoms with Crippen molar-refractivity contribution in [2.75, 3.05) is 5.84 Å². The first-order valence-electron chi connectivity index (χ1n) is 4.27. The van der Waals surface area contributed by atoms with Crippen LogP contribution in [0.2, 0.25) is 0 Å². The Kier molecular flexibility index (Phi) is 1.92. The molecule has 5 heteroatoms.